The Morgan fingerprint density at radius 1 is 1.08 bits per heavy atom. The number of imide groups is 1. The highest BCUT2D eigenvalue weighted by Gasteiger charge is 2.41. The van der Waals surface area contributed by atoms with Gasteiger partial charge in [0.25, 0.3) is 11.8 Å². The Kier molecular flexibility index (Phi) is 5.09. The minimum absolute atomic E-state index is 0.218. The average Bonchev–Trinajstić information content (AvgIpc) is 2.79. The number of benzene rings is 1. The predicted molar refractivity (Wildman–Crippen MR) is 99.4 cm³/mol. The first-order valence-electron chi connectivity index (χ1n) is 8.24. The van der Waals surface area contributed by atoms with Crippen LogP contribution in [0.4, 0.5) is 0 Å². The van der Waals surface area contributed by atoms with Crippen LogP contribution in [0.25, 0.3) is 5.57 Å². The summed E-state index contributed by atoms with van der Waals surface area (Å²) in [6.45, 7) is 1.94. The Morgan fingerprint density at radius 2 is 1.72 bits per heavy atom. The van der Waals surface area contributed by atoms with Gasteiger partial charge < -0.3 is 9.80 Å². The van der Waals surface area contributed by atoms with Gasteiger partial charge in [0.15, 0.2) is 0 Å². The van der Waals surface area contributed by atoms with Crippen molar-refractivity contribution in [1.82, 2.24) is 14.7 Å². The van der Waals surface area contributed by atoms with Crippen molar-refractivity contribution in [2.75, 3.05) is 34.2 Å². The third kappa shape index (κ3) is 3.28. The summed E-state index contributed by atoms with van der Waals surface area (Å²) in [5.41, 5.74) is 1.32. The van der Waals surface area contributed by atoms with Crippen molar-refractivity contribution in [3.05, 3.63) is 39.5 Å². The predicted octanol–water partition coefficient (Wildman–Crippen LogP) is 2.73. The van der Waals surface area contributed by atoms with Crippen molar-refractivity contribution in [1.29, 1.82) is 0 Å². The summed E-state index contributed by atoms with van der Waals surface area (Å²) in [6.07, 6.45) is 1.90. The molecule has 3 rings (SSSR count). The zero-order valence-corrected chi connectivity index (χ0v) is 16.1. The minimum Gasteiger partial charge on any atom is -0.366 e. The van der Waals surface area contributed by atoms with Gasteiger partial charge in [-0.1, -0.05) is 29.3 Å². The molecule has 0 bridgehead atoms. The number of piperidine rings is 1. The van der Waals surface area contributed by atoms with E-state index >= 15 is 0 Å². The molecule has 2 amide bonds. The lowest BCUT2D eigenvalue weighted by Gasteiger charge is -2.36. The van der Waals surface area contributed by atoms with Crippen LogP contribution in [0.3, 0.4) is 0 Å². The molecular weight excluding hydrogens is 361 g/mol. The Bertz CT molecular complexity index is 755. The van der Waals surface area contributed by atoms with E-state index in [2.05, 4.69) is 11.9 Å². The number of carbonyl (C=O) groups excluding carboxylic acids is 2. The van der Waals surface area contributed by atoms with Crippen LogP contribution in [0.2, 0.25) is 10.0 Å². The monoisotopic (exact) mass is 381 g/mol. The summed E-state index contributed by atoms with van der Waals surface area (Å²) >= 11 is 12.3. The molecule has 5 nitrogen and oxygen atoms in total. The van der Waals surface area contributed by atoms with Crippen LogP contribution in [0.5, 0.6) is 0 Å². The highest BCUT2D eigenvalue weighted by molar-refractivity contribution is 6.41. The van der Waals surface area contributed by atoms with E-state index in [-0.39, 0.29) is 17.9 Å². The van der Waals surface area contributed by atoms with Gasteiger partial charge in [0.05, 0.1) is 10.6 Å². The van der Waals surface area contributed by atoms with Gasteiger partial charge in [-0.2, -0.15) is 0 Å². The van der Waals surface area contributed by atoms with Crippen LogP contribution in [-0.4, -0.2) is 66.8 Å². The third-order valence-corrected chi connectivity index (χ3v) is 5.60. The van der Waals surface area contributed by atoms with E-state index in [4.69, 9.17) is 23.2 Å². The molecule has 25 heavy (non-hydrogen) atoms. The van der Waals surface area contributed by atoms with Crippen molar-refractivity contribution < 1.29 is 9.59 Å². The van der Waals surface area contributed by atoms with Gasteiger partial charge in [0, 0.05) is 30.7 Å². The lowest BCUT2D eigenvalue weighted by molar-refractivity contribution is -0.136. The Balaban J connectivity index is 2.05. The van der Waals surface area contributed by atoms with Gasteiger partial charge in [0.1, 0.15) is 5.70 Å². The molecule has 1 aromatic rings. The van der Waals surface area contributed by atoms with E-state index in [1.807, 2.05) is 11.9 Å². The molecule has 0 saturated carbocycles. The normalized spacial score (nSPS) is 20.0. The lowest BCUT2D eigenvalue weighted by Crippen LogP contribution is -2.43. The number of hydrogen-bond donors (Lipinski definition) is 0. The molecule has 0 atom stereocenters. The number of halogens is 2. The Hall–Kier alpha value is -1.56. The van der Waals surface area contributed by atoms with E-state index in [1.165, 1.54) is 7.05 Å². The maximum atomic E-state index is 12.8. The van der Waals surface area contributed by atoms with Gasteiger partial charge in [0.2, 0.25) is 0 Å². The molecule has 1 saturated heterocycles. The quantitative estimate of drug-likeness (QED) is 0.755. The second-order valence-corrected chi connectivity index (χ2v) is 7.51. The number of rotatable bonds is 3. The highest BCUT2D eigenvalue weighted by Crippen LogP contribution is 2.36. The molecule has 0 N–H and O–H groups in total. The third-order valence-electron chi connectivity index (χ3n) is 5.05. The second-order valence-electron chi connectivity index (χ2n) is 6.66. The molecular formula is C18H21Cl2N3O2. The van der Waals surface area contributed by atoms with Crippen LogP contribution >= 0.6 is 23.2 Å². The molecule has 134 valence electrons. The summed E-state index contributed by atoms with van der Waals surface area (Å²) in [6, 6.07) is 5.19. The number of hydrogen-bond acceptors (Lipinski definition) is 4. The number of likely N-dealkylation sites (tertiary alicyclic amines) is 1. The molecule has 2 aliphatic rings. The minimum atomic E-state index is -0.330. The van der Waals surface area contributed by atoms with E-state index in [0.717, 1.165) is 30.8 Å². The zero-order chi connectivity index (χ0) is 18.3. The highest BCUT2D eigenvalue weighted by atomic mass is 35.5. The van der Waals surface area contributed by atoms with Gasteiger partial charge in [-0.25, -0.2) is 0 Å². The van der Waals surface area contributed by atoms with Crippen LogP contribution in [0.15, 0.2) is 23.9 Å². The fourth-order valence-corrected chi connectivity index (χ4v) is 3.96. The smallest absolute Gasteiger partial charge is 0.277 e. The second kappa shape index (κ2) is 6.98. The molecule has 1 fully saturated rings. The molecule has 2 heterocycles. The first-order chi connectivity index (χ1) is 11.8. The number of nitrogens with zero attached hydrogens (tertiary/aromatic N) is 3. The fraction of sp³-hybridized carbons (Fsp3) is 0.444. The molecule has 0 spiro atoms. The van der Waals surface area contributed by atoms with Crippen LogP contribution < -0.4 is 0 Å². The lowest BCUT2D eigenvalue weighted by atomic mass is 10.00. The molecule has 7 heteroatoms. The topological polar surface area (TPSA) is 43.9 Å². The van der Waals surface area contributed by atoms with Crippen LogP contribution in [-0.2, 0) is 9.59 Å². The van der Waals surface area contributed by atoms with Crippen molar-refractivity contribution in [2.24, 2.45) is 0 Å². The van der Waals surface area contributed by atoms with Crippen LogP contribution in [0.1, 0.15) is 18.4 Å². The Morgan fingerprint density at radius 3 is 2.32 bits per heavy atom. The number of likely N-dealkylation sites (N-methyl/N-ethyl adjacent to an activating group) is 2. The fourth-order valence-electron chi connectivity index (χ4n) is 3.45. The number of amides is 2. The standard InChI is InChI=1S/C18H21Cl2N3O2/c1-21-8-6-12(7-9-21)22(2)16-15(17(24)23(3)18(16)25)13-5-4-11(19)10-14(13)20/h4-5,10,12H,6-9H2,1-3H3. The van der Waals surface area contributed by atoms with Gasteiger partial charge in [-0.15, -0.1) is 0 Å². The maximum Gasteiger partial charge on any atom is 0.277 e. The largest absolute Gasteiger partial charge is 0.366 e. The van der Waals surface area contributed by atoms with E-state index in [0.29, 0.717) is 26.9 Å². The molecule has 0 aromatic heterocycles. The molecule has 0 radical (unpaired) electrons. The average molecular weight is 382 g/mol. The first kappa shape index (κ1) is 18.2. The molecule has 0 aliphatic carbocycles. The Labute approximate surface area is 157 Å². The molecule has 2 aliphatic heterocycles. The molecule has 1 aromatic carbocycles. The molecule has 0 unspecified atom stereocenters. The first-order valence-corrected chi connectivity index (χ1v) is 9.00. The summed E-state index contributed by atoms with van der Waals surface area (Å²) in [5.74, 6) is -0.614. The van der Waals surface area contributed by atoms with Gasteiger partial charge in [-0.3, -0.25) is 14.5 Å². The summed E-state index contributed by atoms with van der Waals surface area (Å²) < 4.78 is 0. The van der Waals surface area contributed by atoms with Crippen molar-refractivity contribution in [3.63, 3.8) is 0 Å². The van der Waals surface area contributed by atoms with E-state index < -0.39 is 0 Å². The van der Waals surface area contributed by atoms with Crippen molar-refractivity contribution in [3.8, 4) is 0 Å². The van der Waals surface area contributed by atoms with Crippen molar-refractivity contribution in [2.45, 2.75) is 18.9 Å². The summed E-state index contributed by atoms with van der Waals surface area (Å²) in [4.78, 5) is 30.9. The SMILES string of the molecule is CN1CCC(N(C)C2=C(c3ccc(Cl)cc3Cl)C(=O)N(C)C2=O)CC1. The van der Waals surface area contributed by atoms with Crippen molar-refractivity contribution >= 4 is 40.6 Å². The van der Waals surface area contributed by atoms with E-state index in [9.17, 15) is 9.59 Å². The number of carbonyl (C=O) groups is 2. The van der Waals surface area contributed by atoms with Crippen LogP contribution in [0, 0.1) is 0 Å². The van der Waals surface area contributed by atoms with E-state index in [1.54, 1.807) is 18.2 Å². The van der Waals surface area contributed by atoms with Gasteiger partial charge in [-0.05, 0) is 45.1 Å². The van der Waals surface area contributed by atoms with Gasteiger partial charge >= 0.3 is 0 Å². The summed E-state index contributed by atoms with van der Waals surface area (Å²) in [5, 5.41) is 0.859. The zero-order valence-electron chi connectivity index (χ0n) is 14.6. The maximum absolute atomic E-state index is 12.8. The summed E-state index contributed by atoms with van der Waals surface area (Å²) in [7, 11) is 5.48.